The van der Waals surface area contributed by atoms with Crippen LogP contribution in [0.15, 0.2) is 56.3 Å². The van der Waals surface area contributed by atoms with Gasteiger partial charge in [-0.15, -0.1) is 21.5 Å². The van der Waals surface area contributed by atoms with Crippen molar-refractivity contribution in [1.82, 2.24) is 14.9 Å². The summed E-state index contributed by atoms with van der Waals surface area (Å²) < 4.78 is 32.7. The van der Waals surface area contributed by atoms with Gasteiger partial charge in [-0.3, -0.25) is 4.79 Å². The molecule has 2 heterocycles. The lowest BCUT2D eigenvalue weighted by atomic mass is 10.2. The summed E-state index contributed by atoms with van der Waals surface area (Å²) in [4.78, 5) is 12.1. The molecule has 0 fully saturated rings. The van der Waals surface area contributed by atoms with Gasteiger partial charge >= 0.3 is 0 Å². The van der Waals surface area contributed by atoms with Crippen molar-refractivity contribution in [3.05, 3.63) is 46.7 Å². The Morgan fingerprint density at radius 1 is 1.23 bits per heavy atom. The molecule has 10 heteroatoms. The van der Waals surface area contributed by atoms with Gasteiger partial charge in [0.15, 0.2) is 0 Å². The zero-order chi connectivity index (χ0) is 18.6. The fourth-order valence-electron chi connectivity index (χ4n) is 1.99. The number of sulfonamides is 1. The van der Waals surface area contributed by atoms with Gasteiger partial charge in [0.05, 0.1) is 10.6 Å². The topological polar surface area (TPSA) is 102 Å². The highest BCUT2D eigenvalue weighted by Crippen LogP contribution is 2.24. The first kappa shape index (κ1) is 18.8. The number of nitrogens with zero attached hydrogens (tertiary/aromatic N) is 2. The molecular weight excluding hydrogens is 394 g/mol. The molecule has 1 aromatic carbocycles. The summed E-state index contributed by atoms with van der Waals surface area (Å²) in [5.74, 6) is 0.542. The monoisotopic (exact) mass is 409 g/mol. The molecule has 26 heavy (non-hydrogen) atoms. The number of ketones is 1. The quantitative estimate of drug-likeness (QED) is 0.571. The molecule has 0 atom stereocenters. The van der Waals surface area contributed by atoms with Gasteiger partial charge in [-0.05, 0) is 42.6 Å². The molecule has 1 N–H and O–H groups in total. The summed E-state index contributed by atoms with van der Waals surface area (Å²) in [6.07, 6.45) is 0. The molecule has 0 radical (unpaired) electrons. The maximum atomic E-state index is 12.3. The zero-order valence-electron chi connectivity index (χ0n) is 13.7. The molecule has 0 amide bonds. The van der Waals surface area contributed by atoms with E-state index in [0.717, 1.165) is 16.6 Å². The third-order valence-corrected chi connectivity index (χ3v) is 6.49. The molecule has 3 aromatic rings. The van der Waals surface area contributed by atoms with Crippen molar-refractivity contribution in [3.8, 4) is 11.5 Å². The Kier molecular flexibility index (Phi) is 5.87. The summed E-state index contributed by atoms with van der Waals surface area (Å²) in [6, 6.07) is 9.92. The fraction of sp³-hybridized carbons (Fsp3) is 0.188. The standard InChI is InChI=1S/C16H15N3O4S3/c1-11(20)10-25-16-19-18-15(23-16)12-4-6-14(7-5-12)26(21,22)17-9-13-3-2-8-24-13/h2-8,17H,9-10H2,1H3. The van der Waals surface area contributed by atoms with Crippen molar-refractivity contribution in [1.29, 1.82) is 0 Å². The van der Waals surface area contributed by atoms with Crippen LogP contribution >= 0.6 is 23.1 Å². The van der Waals surface area contributed by atoms with Crippen LogP contribution in [0.1, 0.15) is 11.8 Å². The first-order valence-corrected chi connectivity index (χ1v) is 10.9. The third-order valence-electron chi connectivity index (χ3n) is 3.23. The predicted molar refractivity (Wildman–Crippen MR) is 99.5 cm³/mol. The van der Waals surface area contributed by atoms with Gasteiger partial charge in [0.1, 0.15) is 5.78 Å². The lowest BCUT2D eigenvalue weighted by molar-refractivity contribution is -0.114. The van der Waals surface area contributed by atoms with Gasteiger partial charge in [-0.2, -0.15) is 0 Å². The highest BCUT2D eigenvalue weighted by molar-refractivity contribution is 7.99. The van der Waals surface area contributed by atoms with Crippen LogP contribution in [0.25, 0.3) is 11.5 Å². The molecule has 0 saturated heterocycles. The van der Waals surface area contributed by atoms with Gasteiger partial charge < -0.3 is 4.42 Å². The first-order valence-electron chi connectivity index (χ1n) is 7.52. The Balaban J connectivity index is 1.68. The molecule has 0 unspecified atom stereocenters. The van der Waals surface area contributed by atoms with E-state index in [0.29, 0.717) is 10.8 Å². The largest absolute Gasteiger partial charge is 0.411 e. The fourth-order valence-corrected chi connectivity index (χ4v) is 4.29. The van der Waals surface area contributed by atoms with Crippen molar-refractivity contribution in [2.24, 2.45) is 0 Å². The third kappa shape index (κ3) is 4.79. The van der Waals surface area contributed by atoms with Crippen LogP contribution in [0, 0.1) is 0 Å². The van der Waals surface area contributed by atoms with Crippen molar-refractivity contribution in [3.63, 3.8) is 0 Å². The average molecular weight is 410 g/mol. The average Bonchev–Trinajstić information content (AvgIpc) is 3.30. The number of nitrogens with one attached hydrogen (secondary N) is 1. The Hall–Kier alpha value is -2.01. The van der Waals surface area contributed by atoms with Crippen molar-refractivity contribution in [2.45, 2.75) is 23.6 Å². The Labute approximate surface area is 158 Å². The Morgan fingerprint density at radius 3 is 2.65 bits per heavy atom. The Bertz CT molecular complexity index is 980. The smallest absolute Gasteiger partial charge is 0.277 e. The summed E-state index contributed by atoms with van der Waals surface area (Å²) in [7, 11) is -3.60. The molecule has 2 aromatic heterocycles. The summed E-state index contributed by atoms with van der Waals surface area (Å²) in [5.41, 5.74) is 0.601. The number of hydrogen-bond donors (Lipinski definition) is 1. The van der Waals surface area contributed by atoms with E-state index in [1.54, 1.807) is 12.1 Å². The SMILES string of the molecule is CC(=O)CSc1nnc(-c2ccc(S(=O)(=O)NCc3cccs3)cc2)o1. The zero-order valence-corrected chi connectivity index (χ0v) is 16.2. The van der Waals surface area contributed by atoms with Crippen molar-refractivity contribution in [2.75, 3.05) is 5.75 Å². The van der Waals surface area contributed by atoms with Crippen LogP contribution in [-0.2, 0) is 21.4 Å². The lowest BCUT2D eigenvalue weighted by Crippen LogP contribution is -2.22. The van der Waals surface area contributed by atoms with Gasteiger partial charge in [-0.1, -0.05) is 17.8 Å². The molecule has 0 saturated carbocycles. The van der Waals surface area contributed by atoms with Crippen LogP contribution in [-0.4, -0.2) is 30.2 Å². The van der Waals surface area contributed by atoms with Crippen LogP contribution in [0.4, 0.5) is 0 Å². The van der Waals surface area contributed by atoms with Crippen LogP contribution in [0.5, 0.6) is 0 Å². The van der Waals surface area contributed by atoms with E-state index in [1.807, 2.05) is 17.5 Å². The molecule has 136 valence electrons. The van der Waals surface area contributed by atoms with Gasteiger partial charge in [-0.25, -0.2) is 13.1 Å². The van der Waals surface area contributed by atoms with Crippen LogP contribution in [0.2, 0.25) is 0 Å². The number of benzene rings is 1. The van der Waals surface area contributed by atoms with E-state index in [-0.39, 0.29) is 28.9 Å². The number of carbonyl (C=O) groups excluding carboxylic acids is 1. The van der Waals surface area contributed by atoms with Gasteiger partial charge in [0.2, 0.25) is 15.9 Å². The van der Waals surface area contributed by atoms with Crippen LogP contribution in [0.3, 0.4) is 0 Å². The minimum absolute atomic E-state index is 0.0133. The number of thioether (sulfide) groups is 1. The van der Waals surface area contributed by atoms with Crippen molar-refractivity contribution >= 4 is 38.9 Å². The lowest BCUT2D eigenvalue weighted by Gasteiger charge is -2.06. The molecule has 0 spiro atoms. The number of rotatable bonds is 8. The number of Topliss-reactive ketones (excluding diaryl/α,β-unsaturated/α-hetero) is 1. The van der Waals surface area contributed by atoms with E-state index >= 15 is 0 Å². The second kappa shape index (κ2) is 8.12. The van der Waals surface area contributed by atoms with E-state index in [9.17, 15) is 13.2 Å². The molecule has 7 nitrogen and oxygen atoms in total. The van der Waals surface area contributed by atoms with Gasteiger partial charge in [0, 0.05) is 17.0 Å². The summed E-state index contributed by atoms with van der Waals surface area (Å²) in [6.45, 7) is 1.73. The number of hydrogen-bond acceptors (Lipinski definition) is 8. The molecule has 3 rings (SSSR count). The van der Waals surface area contributed by atoms with E-state index in [2.05, 4.69) is 14.9 Å². The number of thiophene rings is 1. The Morgan fingerprint density at radius 2 is 2.00 bits per heavy atom. The minimum atomic E-state index is -3.60. The van der Waals surface area contributed by atoms with Gasteiger partial charge in [0.25, 0.3) is 5.22 Å². The molecule has 0 aliphatic carbocycles. The second-order valence-corrected chi connectivity index (χ2v) is 9.02. The summed E-state index contributed by atoms with van der Waals surface area (Å²) >= 11 is 2.65. The molecule has 0 aliphatic heterocycles. The molecule has 0 aliphatic rings. The second-order valence-electron chi connectivity index (χ2n) is 5.29. The van der Waals surface area contributed by atoms with E-state index in [1.165, 1.54) is 30.4 Å². The maximum Gasteiger partial charge on any atom is 0.277 e. The predicted octanol–water partition coefficient (Wildman–Crippen LogP) is 2.96. The van der Waals surface area contributed by atoms with Crippen molar-refractivity contribution < 1.29 is 17.6 Å². The number of aromatic nitrogens is 2. The highest BCUT2D eigenvalue weighted by atomic mass is 32.2. The number of carbonyl (C=O) groups is 1. The molecular formula is C16H15N3O4S3. The highest BCUT2D eigenvalue weighted by Gasteiger charge is 2.15. The maximum absolute atomic E-state index is 12.3. The van der Waals surface area contributed by atoms with E-state index in [4.69, 9.17) is 4.42 Å². The first-order chi connectivity index (χ1) is 12.4. The molecule has 0 bridgehead atoms. The minimum Gasteiger partial charge on any atom is -0.411 e. The summed E-state index contributed by atoms with van der Waals surface area (Å²) in [5, 5.41) is 9.96. The normalized spacial score (nSPS) is 11.6. The van der Waals surface area contributed by atoms with Crippen LogP contribution < -0.4 is 4.72 Å². The van der Waals surface area contributed by atoms with E-state index < -0.39 is 10.0 Å².